The molecule has 7 heteroatoms. The minimum atomic E-state index is -0.960. The lowest BCUT2D eigenvalue weighted by molar-refractivity contribution is -0.0269. The molecule has 7 nitrogen and oxygen atoms in total. The Morgan fingerprint density at radius 3 is 2.56 bits per heavy atom. The second-order valence-electron chi connectivity index (χ2n) is 5.59. The third kappa shape index (κ3) is 4.26. The molecule has 27 heavy (non-hydrogen) atoms. The van der Waals surface area contributed by atoms with Crippen molar-refractivity contribution in [3.8, 4) is 34.5 Å². The van der Waals surface area contributed by atoms with E-state index >= 15 is 0 Å². The number of ether oxygens (including phenoxy) is 1. The lowest BCUT2D eigenvalue weighted by Crippen LogP contribution is -2.32. The number of rotatable bonds is 4. The summed E-state index contributed by atoms with van der Waals surface area (Å²) in [6.45, 7) is -0.203. The minimum absolute atomic E-state index is 0.203. The molecule has 0 bridgehead atoms. The zero-order chi connectivity index (χ0) is 19.2. The number of primary amides is 1. The summed E-state index contributed by atoms with van der Waals surface area (Å²) >= 11 is 0. The molecule has 0 spiro atoms. The minimum Gasteiger partial charge on any atom is -0.497 e. The maximum Gasteiger partial charge on any atom is 0.339 e. The van der Waals surface area contributed by atoms with E-state index in [9.17, 15) is 10.0 Å². The predicted molar refractivity (Wildman–Crippen MR) is 101 cm³/mol. The first-order chi connectivity index (χ1) is 13.1. The summed E-state index contributed by atoms with van der Waals surface area (Å²) in [6, 6.07) is 18.2. The van der Waals surface area contributed by atoms with Crippen molar-refractivity contribution in [2.45, 2.75) is 0 Å². The Morgan fingerprint density at radius 2 is 1.93 bits per heavy atom. The molecule has 2 amide bonds. The molecular formula is C20H18N4O3. The van der Waals surface area contributed by atoms with E-state index in [-0.39, 0.29) is 6.54 Å². The smallest absolute Gasteiger partial charge is 0.339 e. The van der Waals surface area contributed by atoms with Gasteiger partial charge in [0, 0.05) is 11.6 Å². The molecule has 136 valence electrons. The predicted octanol–water partition coefficient (Wildman–Crippen LogP) is 2.67. The number of hydroxylamine groups is 2. The van der Waals surface area contributed by atoms with Gasteiger partial charge in [-0.25, -0.2) is 9.48 Å². The molecule has 1 aromatic heterocycles. The fourth-order valence-corrected chi connectivity index (χ4v) is 2.46. The number of carbonyl (C=O) groups excluding carboxylic acids is 1. The number of benzene rings is 2. The van der Waals surface area contributed by atoms with Gasteiger partial charge in [-0.15, -0.1) is 0 Å². The Morgan fingerprint density at radius 1 is 1.22 bits per heavy atom. The Hall–Kier alpha value is -3.76. The Balaban J connectivity index is 1.99. The van der Waals surface area contributed by atoms with Gasteiger partial charge in [-0.1, -0.05) is 36.3 Å². The summed E-state index contributed by atoms with van der Waals surface area (Å²) in [5.74, 6) is 6.26. The highest BCUT2D eigenvalue weighted by atomic mass is 16.5. The van der Waals surface area contributed by atoms with Gasteiger partial charge in [0.25, 0.3) is 0 Å². The molecule has 2 aromatic carbocycles. The number of nitrogens with zero attached hydrogens (tertiary/aromatic N) is 3. The van der Waals surface area contributed by atoms with Crippen LogP contribution in [0.15, 0.2) is 60.7 Å². The van der Waals surface area contributed by atoms with E-state index in [2.05, 4.69) is 16.9 Å². The molecule has 3 aromatic rings. The van der Waals surface area contributed by atoms with E-state index in [1.54, 1.807) is 11.8 Å². The van der Waals surface area contributed by atoms with Crippen LogP contribution < -0.4 is 10.5 Å². The van der Waals surface area contributed by atoms with Crippen molar-refractivity contribution in [3.05, 3.63) is 66.4 Å². The standard InChI is InChI=1S/C20H18N4O3/c1-27-18-11-9-17(10-12-18)24-19(15-6-3-2-4-7-15)14-16(22-24)8-5-13-23(26)20(21)25/h2-4,6-7,9-12,14,26H,13H2,1H3,(H2,21,25). The largest absolute Gasteiger partial charge is 0.497 e. The summed E-state index contributed by atoms with van der Waals surface area (Å²) in [5, 5.41) is 14.2. The van der Waals surface area contributed by atoms with Crippen LogP contribution in [0.1, 0.15) is 5.69 Å². The van der Waals surface area contributed by atoms with Crippen molar-refractivity contribution in [1.29, 1.82) is 0 Å². The van der Waals surface area contributed by atoms with Gasteiger partial charge >= 0.3 is 6.03 Å². The lowest BCUT2D eigenvalue weighted by Gasteiger charge is -2.08. The number of nitrogens with two attached hydrogens (primary N) is 1. The van der Waals surface area contributed by atoms with E-state index in [4.69, 9.17) is 10.5 Å². The quantitative estimate of drug-likeness (QED) is 0.424. The van der Waals surface area contributed by atoms with Gasteiger partial charge < -0.3 is 10.5 Å². The fraction of sp³-hybridized carbons (Fsp3) is 0.100. The van der Waals surface area contributed by atoms with Gasteiger partial charge in [0.15, 0.2) is 0 Å². The van der Waals surface area contributed by atoms with Crippen molar-refractivity contribution in [2.24, 2.45) is 5.73 Å². The summed E-state index contributed by atoms with van der Waals surface area (Å²) in [7, 11) is 1.61. The molecule has 0 unspecified atom stereocenters. The van der Waals surface area contributed by atoms with Crippen molar-refractivity contribution < 1.29 is 14.7 Å². The average molecular weight is 362 g/mol. The van der Waals surface area contributed by atoms with Gasteiger partial charge in [-0.05, 0) is 30.2 Å². The van der Waals surface area contributed by atoms with Crippen molar-refractivity contribution >= 4 is 6.03 Å². The highest BCUT2D eigenvalue weighted by molar-refractivity contribution is 5.70. The second-order valence-corrected chi connectivity index (χ2v) is 5.59. The lowest BCUT2D eigenvalue weighted by atomic mass is 10.1. The molecule has 0 saturated heterocycles. The van der Waals surface area contributed by atoms with Crippen LogP contribution in [0.2, 0.25) is 0 Å². The van der Waals surface area contributed by atoms with Crippen LogP contribution in [0.25, 0.3) is 16.9 Å². The number of amides is 2. The number of aromatic nitrogens is 2. The highest BCUT2D eigenvalue weighted by Crippen LogP contribution is 2.24. The zero-order valence-electron chi connectivity index (χ0n) is 14.7. The van der Waals surface area contributed by atoms with Crippen LogP contribution in [0.5, 0.6) is 5.75 Å². The van der Waals surface area contributed by atoms with Crippen molar-refractivity contribution in [1.82, 2.24) is 14.8 Å². The maximum absolute atomic E-state index is 10.8. The molecule has 1 heterocycles. The molecule has 0 radical (unpaired) electrons. The zero-order valence-corrected chi connectivity index (χ0v) is 14.7. The van der Waals surface area contributed by atoms with E-state index in [0.717, 1.165) is 22.7 Å². The van der Waals surface area contributed by atoms with Gasteiger partial charge in [0.1, 0.15) is 18.0 Å². The molecular weight excluding hydrogens is 344 g/mol. The molecule has 0 aliphatic rings. The molecule has 0 saturated carbocycles. The highest BCUT2D eigenvalue weighted by Gasteiger charge is 2.11. The van der Waals surface area contributed by atoms with E-state index in [1.807, 2.05) is 60.7 Å². The third-order valence-corrected chi connectivity index (χ3v) is 3.80. The molecule has 0 fully saturated rings. The van der Waals surface area contributed by atoms with Gasteiger partial charge in [0.05, 0.1) is 18.5 Å². The van der Waals surface area contributed by atoms with E-state index < -0.39 is 6.03 Å². The third-order valence-electron chi connectivity index (χ3n) is 3.80. The van der Waals surface area contributed by atoms with Crippen LogP contribution in [-0.4, -0.2) is 39.7 Å². The average Bonchev–Trinajstić information content (AvgIpc) is 3.12. The van der Waals surface area contributed by atoms with Gasteiger partial charge in [-0.3, -0.25) is 5.21 Å². The Bertz CT molecular complexity index is 986. The van der Waals surface area contributed by atoms with Gasteiger partial charge in [-0.2, -0.15) is 10.2 Å². The molecule has 0 aliphatic heterocycles. The normalized spacial score (nSPS) is 10.0. The van der Waals surface area contributed by atoms with Crippen molar-refractivity contribution in [2.75, 3.05) is 13.7 Å². The van der Waals surface area contributed by atoms with Crippen LogP contribution in [0.3, 0.4) is 0 Å². The number of carbonyl (C=O) groups is 1. The Labute approximate surface area is 156 Å². The first-order valence-corrected chi connectivity index (χ1v) is 8.13. The second kappa shape index (κ2) is 8.08. The topological polar surface area (TPSA) is 93.6 Å². The summed E-state index contributed by atoms with van der Waals surface area (Å²) < 4.78 is 6.98. The first kappa shape index (κ1) is 18.0. The molecule has 3 rings (SSSR count). The SMILES string of the molecule is COc1ccc(-n2nc(C#CCN(O)C(N)=O)cc2-c2ccccc2)cc1. The number of methoxy groups -OCH3 is 1. The summed E-state index contributed by atoms with van der Waals surface area (Å²) in [5.41, 5.74) is 8.15. The number of hydrogen-bond acceptors (Lipinski definition) is 4. The Kier molecular flexibility index (Phi) is 5.40. The number of hydrogen-bond donors (Lipinski definition) is 2. The first-order valence-electron chi connectivity index (χ1n) is 8.13. The van der Waals surface area contributed by atoms with Gasteiger partial charge in [0.2, 0.25) is 0 Å². The fourth-order valence-electron chi connectivity index (χ4n) is 2.46. The maximum atomic E-state index is 10.8. The monoisotopic (exact) mass is 362 g/mol. The van der Waals surface area contributed by atoms with Crippen molar-refractivity contribution in [3.63, 3.8) is 0 Å². The summed E-state index contributed by atoms with van der Waals surface area (Å²) in [4.78, 5) is 10.8. The number of urea groups is 1. The van der Waals surface area contributed by atoms with Crippen LogP contribution >= 0.6 is 0 Å². The van der Waals surface area contributed by atoms with Crippen LogP contribution in [0.4, 0.5) is 4.79 Å². The summed E-state index contributed by atoms with van der Waals surface area (Å²) in [6.07, 6.45) is 0. The van der Waals surface area contributed by atoms with E-state index in [0.29, 0.717) is 10.8 Å². The molecule has 3 N–H and O–H groups in total. The van der Waals surface area contributed by atoms with E-state index in [1.165, 1.54) is 0 Å². The van der Waals surface area contributed by atoms with Crippen LogP contribution in [0, 0.1) is 11.8 Å². The molecule has 0 atom stereocenters. The molecule has 0 aliphatic carbocycles. The van der Waals surface area contributed by atoms with Crippen LogP contribution in [-0.2, 0) is 0 Å².